The molecule has 1 unspecified atom stereocenters. The fourth-order valence-corrected chi connectivity index (χ4v) is 2.06. The standard InChI is InChI=1S/C16H23NO4/c1-5-11-8-6-7-9-12(11)13(10-14(18)19)17-15(20)21-16(2,3)4/h6-9,13H,5,10H2,1-4H3,(H,17,20)(H,18,19). The number of rotatable bonds is 5. The highest BCUT2D eigenvalue weighted by Crippen LogP contribution is 2.22. The molecule has 0 saturated heterocycles. The number of amides is 1. The molecule has 1 rings (SSSR count). The molecule has 5 nitrogen and oxygen atoms in total. The summed E-state index contributed by atoms with van der Waals surface area (Å²) in [6.07, 6.45) is -0.0295. The first-order valence-electron chi connectivity index (χ1n) is 7.02. The Morgan fingerprint density at radius 2 is 1.90 bits per heavy atom. The summed E-state index contributed by atoms with van der Waals surface area (Å²) < 4.78 is 5.20. The molecule has 0 heterocycles. The quantitative estimate of drug-likeness (QED) is 0.873. The Balaban J connectivity index is 2.95. The van der Waals surface area contributed by atoms with Gasteiger partial charge in [0.05, 0.1) is 12.5 Å². The Morgan fingerprint density at radius 3 is 2.43 bits per heavy atom. The van der Waals surface area contributed by atoms with Crippen LogP contribution in [0.15, 0.2) is 24.3 Å². The normalized spacial score (nSPS) is 12.6. The van der Waals surface area contributed by atoms with Crippen LogP contribution in [0.25, 0.3) is 0 Å². The van der Waals surface area contributed by atoms with Gasteiger partial charge in [-0.1, -0.05) is 31.2 Å². The summed E-state index contributed by atoms with van der Waals surface area (Å²) in [5.74, 6) is -0.970. The monoisotopic (exact) mass is 293 g/mol. The summed E-state index contributed by atoms with van der Waals surface area (Å²) in [6.45, 7) is 7.28. The summed E-state index contributed by atoms with van der Waals surface area (Å²) in [6, 6.07) is 6.90. The zero-order chi connectivity index (χ0) is 16.0. The molecule has 0 radical (unpaired) electrons. The number of carbonyl (C=O) groups excluding carboxylic acids is 1. The van der Waals surface area contributed by atoms with Crippen LogP contribution < -0.4 is 5.32 Å². The molecule has 2 N–H and O–H groups in total. The molecular weight excluding hydrogens is 270 g/mol. The summed E-state index contributed by atoms with van der Waals surface area (Å²) in [5, 5.41) is 11.7. The fraction of sp³-hybridized carbons (Fsp3) is 0.500. The van der Waals surface area contributed by atoms with E-state index in [-0.39, 0.29) is 6.42 Å². The van der Waals surface area contributed by atoms with Crippen LogP contribution in [-0.2, 0) is 16.0 Å². The van der Waals surface area contributed by atoms with Gasteiger partial charge in [-0.2, -0.15) is 0 Å². The van der Waals surface area contributed by atoms with Crippen molar-refractivity contribution in [2.45, 2.75) is 52.2 Å². The van der Waals surface area contributed by atoms with Crippen LogP contribution in [0.3, 0.4) is 0 Å². The van der Waals surface area contributed by atoms with Crippen LogP contribution in [0.2, 0.25) is 0 Å². The first kappa shape index (κ1) is 17.0. The van der Waals surface area contributed by atoms with Crippen molar-refractivity contribution >= 4 is 12.1 Å². The van der Waals surface area contributed by atoms with Crippen LogP contribution in [0.1, 0.15) is 51.3 Å². The molecule has 116 valence electrons. The Kier molecular flexibility index (Phi) is 5.76. The Hall–Kier alpha value is -2.04. The third-order valence-corrected chi connectivity index (χ3v) is 2.88. The van der Waals surface area contributed by atoms with Gasteiger partial charge in [-0.3, -0.25) is 4.79 Å². The van der Waals surface area contributed by atoms with Crippen LogP contribution in [0.4, 0.5) is 4.79 Å². The number of alkyl carbamates (subject to hydrolysis) is 1. The predicted molar refractivity (Wildman–Crippen MR) is 80.2 cm³/mol. The smallest absolute Gasteiger partial charge is 0.408 e. The average molecular weight is 293 g/mol. The number of nitrogens with one attached hydrogen (secondary N) is 1. The SMILES string of the molecule is CCc1ccccc1C(CC(=O)O)NC(=O)OC(C)(C)C. The predicted octanol–water partition coefficient (Wildman–Crippen LogP) is 3.29. The third-order valence-electron chi connectivity index (χ3n) is 2.88. The van der Waals surface area contributed by atoms with Crippen LogP contribution >= 0.6 is 0 Å². The van der Waals surface area contributed by atoms with Gasteiger partial charge in [-0.15, -0.1) is 0 Å². The topological polar surface area (TPSA) is 75.6 Å². The van der Waals surface area contributed by atoms with E-state index in [1.54, 1.807) is 20.8 Å². The molecule has 0 saturated carbocycles. The van der Waals surface area contributed by atoms with E-state index >= 15 is 0 Å². The Bertz CT molecular complexity index is 505. The van der Waals surface area contributed by atoms with E-state index < -0.39 is 23.7 Å². The number of aliphatic carboxylic acids is 1. The number of carboxylic acids is 1. The molecule has 0 spiro atoms. The largest absolute Gasteiger partial charge is 0.481 e. The van der Waals surface area contributed by atoms with Crippen molar-refractivity contribution in [1.82, 2.24) is 5.32 Å². The lowest BCUT2D eigenvalue weighted by atomic mass is 9.96. The number of hydrogen-bond donors (Lipinski definition) is 2. The Morgan fingerprint density at radius 1 is 1.29 bits per heavy atom. The minimum absolute atomic E-state index is 0.184. The number of ether oxygens (including phenoxy) is 1. The summed E-state index contributed by atoms with van der Waals surface area (Å²) in [7, 11) is 0. The molecule has 0 aliphatic carbocycles. The van der Waals surface area contributed by atoms with E-state index in [2.05, 4.69) is 5.32 Å². The van der Waals surface area contributed by atoms with Crippen LogP contribution in [0, 0.1) is 0 Å². The van der Waals surface area contributed by atoms with Crippen molar-refractivity contribution in [3.05, 3.63) is 35.4 Å². The van der Waals surface area contributed by atoms with Gasteiger partial charge in [0.25, 0.3) is 0 Å². The third kappa shape index (κ3) is 5.85. The molecule has 1 atom stereocenters. The molecule has 1 amide bonds. The van der Waals surface area contributed by atoms with Crippen molar-refractivity contribution < 1.29 is 19.4 Å². The van der Waals surface area contributed by atoms with Crippen molar-refractivity contribution in [3.63, 3.8) is 0 Å². The molecule has 0 aromatic heterocycles. The lowest BCUT2D eigenvalue weighted by molar-refractivity contribution is -0.137. The van der Waals surface area contributed by atoms with Gasteiger partial charge in [-0.05, 0) is 38.3 Å². The molecule has 1 aromatic carbocycles. The maximum atomic E-state index is 11.9. The van der Waals surface area contributed by atoms with E-state index in [9.17, 15) is 9.59 Å². The molecule has 0 aliphatic heterocycles. The average Bonchev–Trinajstić information content (AvgIpc) is 2.35. The zero-order valence-corrected chi connectivity index (χ0v) is 13.0. The van der Waals surface area contributed by atoms with E-state index in [4.69, 9.17) is 9.84 Å². The molecule has 0 fully saturated rings. The van der Waals surface area contributed by atoms with Crippen molar-refractivity contribution in [2.24, 2.45) is 0 Å². The lowest BCUT2D eigenvalue weighted by Gasteiger charge is -2.24. The van der Waals surface area contributed by atoms with E-state index in [0.29, 0.717) is 0 Å². The van der Waals surface area contributed by atoms with Crippen LogP contribution in [0.5, 0.6) is 0 Å². The van der Waals surface area contributed by atoms with Gasteiger partial charge < -0.3 is 15.2 Å². The summed E-state index contributed by atoms with van der Waals surface area (Å²) in [4.78, 5) is 23.0. The molecule has 0 aliphatic rings. The minimum Gasteiger partial charge on any atom is -0.481 e. The highest BCUT2D eigenvalue weighted by atomic mass is 16.6. The summed E-state index contributed by atoms with van der Waals surface area (Å²) >= 11 is 0. The van der Waals surface area contributed by atoms with Crippen molar-refractivity contribution in [2.75, 3.05) is 0 Å². The molecule has 5 heteroatoms. The highest BCUT2D eigenvalue weighted by Gasteiger charge is 2.23. The van der Waals surface area contributed by atoms with Gasteiger partial charge in [0.15, 0.2) is 0 Å². The number of aryl methyl sites for hydroxylation is 1. The zero-order valence-electron chi connectivity index (χ0n) is 13.0. The second-order valence-electron chi connectivity index (χ2n) is 5.85. The van der Waals surface area contributed by atoms with Gasteiger partial charge in [0.1, 0.15) is 5.60 Å². The van der Waals surface area contributed by atoms with Gasteiger partial charge in [-0.25, -0.2) is 4.79 Å². The molecule has 0 bridgehead atoms. The number of benzene rings is 1. The minimum atomic E-state index is -0.970. The Labute approximate surface area is 125 Å². The van der Waals surface area contributed by atoms with Gasteiger partial charge in [0.2, 0.25) is 0 Å². The van der Waals surface area contributed by atoms with Crippen molar-refractivity contribution in [1.29, 1.82) is 0 Å². The molecule has 21 heavy (non-hydrogen) atoms. The second-order valence-corrected chi connectivity index (χ2v) is 5.85. The number of hydrogen-bond acceptors (Lipinski definition) is 3. The maximum absolute atomic E-state index is 11.9. The maximum Gasteiger partial charge on any atom is 0.408 e. The summed E-state index contributed by atoms with van der Waals surface area (Å²) in [5.41, 5.74) is 1.20. The number of carboxylic acid groups (broad SMARTS) is 1. The second kappa shape index (κ2) is 7.11. The van der Waals surface area contributed by atoms with Crippen molar-refractivity contribution in [3.8, 4) is 0 Å². The van der Waals surface area contributed by atoms with E-state index in [0.717, 1.165) is 17.5 Å². The first-order chi connectivity index (χ1) is 9.73. The van der Waals surface area contributed by atoms with E-state index in [1.807, 2.05) is 31.2 Å². The fourth-order valence-electron chi connectivity index (χ4n) is 2.06. The van der Waals surface area contributed by atoms with Gasteiger partial charge in [0, 0.05) is 0 Å². The van der Waals surface area contributed by atoms with E-state index in [1.165, 1.54) is 0 Å². The van der Waals surface area contributed by atoms with Crippen LogP contribution in [-0.4, -0.2) is 22.8 Å². The highest BCUT2D eigenvalue weighted by molar-refractivity contribution is 5.72. The first-order valence-corrected chi connectivity index (χ1v) is 7.02. The van der Waals surface area contributed by atoms with Gasteiger partial charge >= 0.3 is 12.1 Å². The number of carbonyl (C=O) groups is 2. The molecule has 1 aromatic rings. The molecular formula is C16H23NO4. The lowest BCUT2D eigenvalue weighted by Crippen LogP contribution is -2.36.